The van der Waals surface area contributed by atoms with Gasteiger partial charge in [-0.1, -0.05) is 11.6 Å². The number of carbonyl (C=O) groups is 1. The zero-order chi connectivity index (χ0) is 17.0. The number of hydrogen-bond acceptors (Lipinski definition) is 4. The maximum absolute atomic E-state index is 12.3. The SMILES string of the molecule is C[C@H](NS(=O)(=O)c1ccc(Cl)cc1)C(=O)NC1CCN(C)CC1. The first-order chi connectivity index (χ1) is 10.8. The molecule has 0 spiro atoms. The first-order valence-electron chi connectivity index (χ1n) is 7.55. The van der Waals surface area contributed by atoms with E-state index < -0.39 is 16.1 Å². The van der Waals surface area contributed by atoms with E-state index >= 15 is 0 Å². The van der Waals surface area contributed by atoms with Gasteiger partial charge in [0.15, 0.2) is 0 Å². The van der Waals surface area contributed by atoms with Crippen LogP contribution in [0.5, 0.6) is 0 Å². The molecule has 2 rings (SSSR count). The lowest BCUT2D eigenvalue weighted by atomic mass is 10.1. The van der Waals surface area contributed by atoms with E-state index in [1.54, 1.807) is 0 Å². The van der Waals surface area contributed by atoms with E-state index in [9.17, 15) is 13.2 Å². The van der Waals surface area contributed by atoms with Crippen LogP contribution in [0.2, 0.25) is 5.02 Å². The van der Waals surface area contributed by atoms with Crippen molar-refractivity contribution in [3.63, 3.8) is 0 Å². The highest BCUT2D eigenvalue weighted by atomic mass is 35.5. The third-order valence-electron chi connectivity index (χ3n) is 3.91. The van der Waals surface area contributed by atoms with Crippen LogP contribution >= 0.6 is 11.6 Å². The fourth-order valence-electron chi connectivity index (χ4n) is 2.45. The molecule has 0 aliphatic carbocycles. The Bertz CT molecular complexity index is 640. The van der Waals surface area contributed by atoms with E-state index in [4.69, 9.17) is 11.6 Å². The van der Waals surface area contributed by atoms with E-state index in [0.29, 0.717) is 5.02 Å². The molecule has 0 saturated carbocycles. The molecule has 8 heteroatoms. The number of halogens is 1. The van der Waals surface area contributed by atoms with Gasteiger partial charge in [-0.25, -0.2) is 8.42 Å². The molecule has 0 unspecified atom stereocenters. The highest BCUT2D eigenvalue weighted by molar-refractivity contribution is 7.89. The molecule has 1 aromatic rings. The van der Waals surface area contributed by atoms with Gasteiger partial charge in [0.05, 0.1) is 10.9 Å². The molecule has 1 heterocycles. The Labute approximate surface area is 142 Å². The van der Waals surface area contributed by atoms with Gasteiger partial charge >= 0.3 is 0 Å². The highest BCUT2D eigenvalue weighted by Gasteiger charge is 2.25. The Balaban J connectivity index is 1.93. The van der Waals surface area contributed by atoms with Crippen molar-refractivity contribution in [2.45, 2.75) is 36.7 Å². The van der Waals surface area contributed by atoms with E-state index in [2.05, 4.69) is 14.9 Å². The normalized spacial score (nSPS) is 18.6. The predicted octanol–water partition coefficient (Wildman–Crippen LogP) is 1.22. The fraction of sp³-hybridized carbons (Fsp3) is 0.533. The quantitative estimate of drug-likeness (QED) is 0.828. The molecule has 2 N–H and O–H groups in total. The Morgan fingerprint density at radius 3 is 2.39 bits per heavy atom. The van der Waals surface area contributed by atoms with Crippen molar-refractivity contribution in [1.29, 1.82) is 0 Å². The summed E-state index contributed by atoms with van der Waals surface area (Å²) in [6.45, 7) is 3.39. The molecule has 128 valence electrons. The topological polar surface area (TPSA) is 78.5 Å². The molecule has 0 bridgehead atoms. The van der Waals surface area contributed by atoms with Crippen LogP contribution in [0.4, 0.5) is 0 Å². The van der Waals surface area contributed by atoms with E-state index in [-0.39, 0.29) is 16.8 Å². The number of rotatable bonds is 5. The second-order valence-electron chi connectivity index (χ2n) is 5.88. The number of nitrogens with zero attached hydrogens (tertiary/aromatic N) is 1. The number of nitrogens with one attached hydrogen (secondary N) is 2. The Morgan fingerprint density at radius 1 is 1.26 bits per heavy atom. The summed E-state index contributed by atoms with van der Waals surface area (Å²) in [6.07, 6.45) is 1.75. The molecule has 1 amide bonds. The summed E-state index contributed by atoms with van der Waals surface area (Å²) in [5.74, 6) is -0.308. The smallest absolute Gasteiger partial charge is 0.241 e. The van der Waals surface area contributed by atoms with Crippen LogP contribution in [0, 0.1) is 0 Å². The van der Waals surface area contributed by atoms with Crippen LogP contribution in [0.3, 0.4) is 0 Å². The van der Waals surface area contributed by atoms with Crippen LogP contribution < -0.4 is 10.0 Å². The highest BCUT2D eigenvalue weighted by Crippen LogP contribution is 2.14. The second-order valence-corrected chi connectivity index (χ2v) is 8.03. The number of benzene rings is 1. The minimum absolute atomic E-state index is 0.0841. The zero-order valence-electron chi connectivity index (χ0n) is 13.3. The molecule has 0 aromatic heterocycles. The first-order valence-corrected chi connectivity index (χ1v) is 9.41. The van der Waals surface area contributed by atoms with Gasteiger partial charge in [0.1, 0.15) is 0 Å². The maximum atomic E-state index is 12.3. The third kappa shape index (κ3) is 5.17. The van der Waals surface area contributed by atoms with Gasteiger partial charge in [-0.3, -0.25) is 4.79 Å². The van der Waals surface area contributed by atoms with E-state index in [0.717, 1.165) is 25.9 Å². The first kappa shape index (κ1) is 18.2. The number of sulfonamides is 1. The molecule has 1 aliphatic heterocycles. The summed E-state index contributed by atoms with van der Waals surface area (Å²) in [6, 6.07) is 5.08. The maximum Gasteiger partial charge on any atom is 0.241 e. The van der Waals surface area contributed by atoms with Crippen molar-refractivity contribution in [3.05, 3.63) is 29.3 Å². The summed E-state index contributed by atoms with van der Waals surface area (Å²) in [5, 5.41) is 3.36. The van der Waals surface area contributed by atoms with Crippen LogP contribution in [-0.4, -0.2) is 51.4 Å². The molecule has 1 aromatic carbocycles. The van der Waals surface area contributed by atoms with Crippen molar-refractivity contribution < 1.29 is 13.2 Å². The Morgan fingerprint density at radius 2 is 1.83 bits per heavy atom. The van der Waals surface area contributed by atoms with Gasteiger partial charge in [0.25, 0.3) is 0 Å². The van der Waals surface area contributed by atoms with E-state index in [1.807, 2.05) is 7.05 Å². The van der Waals surface area contributed by atoms with Gasteiger partial charge in [-0.2, -0.15) is 4.72 Å². The summed E-state index contributed by atoms with van der Waals surface area (Å²) in [4.78, 5) is 14.5. The van der Waals surface area contributed by atoms with Crippen molar-refractivity contribution in [2.24, 2.45) is 0 Å². The average Bonchev–Trinajstić information content (AvgIpc) is 2.49. The molecule has 1 fully saturated rings. The van der Waals surface area contributed by atoms with Gasteiger partial charge < -0.3 is 10.2 Å². The lowest BCUT2D eigenvalue weighted by Gasteiger charge is -2.30. The number of hydrogen-bond donors (Lipinski definition) is 2. The van der Waals surface area contributed by atoms with Crippen LogP contribution in [0.15, 0.2) is 29.2 Å². The summed E-state index contributed by atoms with van der Waals surface area (Å²) < 4.78 is 26.9. The standard InChI is InChI=1S/C15H22ClN3O3S/c1-11(15(20)17-13-7-9-19(2)10-8-13)18-23(21,22)14-5-3-12(16)4-6-14/h3-6,11,13,18H,7-10H2,1-2H3,(H,17,20)/t11-/m0/s1. The number of amides is 1. The van der Waals surface area contributed by atoms with Crippen molar-refractivity contribution in [1.82, 2.24) is 14.9 Å². The molecule has 1 aliphatic rings. The number of carbonyl (C=O) groups excluding carboxylic acids is 1. The minimum Gasteiger partial charge on any atom is -0.352 e. The Hall–Kier alpha value is -1.15. The summed E-state index contributed by atoms with van der Waals surface area (Å²) >= 11 is 5.75. The lowest BCUT2D eigenvalue weighted by molar-refractivity contribution is -0.123. The number of piperidine rings is 1. The van der Waals surface area contributed by atoms with Gasteiger partial charge in [-0.05, 0) is 64.2 Å². The zero-order valence-corrected chi connectivity index (χ0v) is 14.8. The monoisotopic (exact) mass is 359 g/mol. The molecule has 1 atom stereocenters. The molecule has 1 saturated heterocycles. The van der Waals surface area contributed by atoms with Crippen LogP contribution in [0.1, 0.15) is 19.8 Å². The second kappa shape index (κ2) is 7.61. The van der Waals surface area contributed by atoms with Crippen LogP contribution in [-0.2, 0) is 14.8 Å². The average molecular weight is 360 g/mol. The lowest BCUT2D eigenvalue weighted by Crippen LogP contribution is -2.50. The van der Waals surface area contributed by atoms with Gasteiger partial charge in [0.2, 0.25) is 15.9 Å². The number of likely N-dealkylation sites (tertiary alicyclic amines) is 1. The van der Waals surface area contributed by atoms with Crippen LogP contribution in [0.25, 0.3) is 0 Å². The molecular weight excluding hydrogens is 338 g/mol. The van der Waals surface area contributed by atoms with Crippen molar-refractivity contribution in [2.75, 3.05) is 20.1 Å². The molecule has 23 heavy (non-hydrogen) atoms. The molecule has 6 nitrogen and oxygen atoms in total. The largest absolute Gasteiger partial charge is 0.352 e. The van der Waals surface area contributed by atoms with Crippen molar-refractivity contribution in [3.8, 4) is 0 Å². The van der Waals surface area contributed by atoms with Crippen molar-refractivity contribution >= 4 is 27.5 Å². The van der Waals surface area contributed by atoms with E-state index in [1.165, 1.54) is 31.2 Å². The Kier molecular flexibility index (Phi) is 6.02. The fourth-order valence-corrected chi connectivity index (χ4v) is 3.78. The summed E-state index contributed by atoms with van der Waals surface area (Å²) in [7, 11) is -1.71. The van der Waals surface area contributed by atoms with Gasteiger partial charge in [0, 0.05) is 11.1 Å². The summed E-state index contributed by atoms with van der Waals surface area (Å²) in [5.41, 5.74) is 0. The predicted molar refractivity (Wildman–Crippen MR) is 89.9 cm³/mol. The third-order valence-corrected chi connectivity index (χ3v) is 5.72. The van der Waals surface area contributed by atoms with Gasteiger partial charge in [-0.15, -0.1) is 0 Å². The molecular formula is C15H22ClN3O3S. The molecule has 0 radical (unpaired) electrons. The minimum atomic E-state index is -3.75.